The van der Waals surface area contributed by atoms with Crippen molar-refractivity contribution in [2.75, 3.05) is 13.2 Å². The summed E-state index contributed by atoms with van der Waals surface area (Å²) >= 11 is 3.34. The van der Waals surface area contributed by atoms with Crippen LogP contribution >= 0.6 is 15.9 Å². The first kappa shape index (κ1) is 13.9. The Kier molecular flexibility index (Phi) is 3.84. The van der Waals surface area contributed by atoms with Crippen LogP contribution < -0.4 is 0 Å². The van der Waals surface area contributed by atoms with Gasteiger partial charge in [0, 0.05) is 15.0 Å². The van der Waals surface area contributed by atoms with Gasteiger partial charge in [-0.15, -0.1) is 0 Å². The third-order valence-electron chi connectivity index (χ3n) is 3.22. The second-order valence-electron chi connectivity index (χ2n) is 4.28. The summed E-state index contributed by atoms with van der Waals surface area (Å²) in [5.41, 5.74) is -1.57. The minimum absolute atomic E-state index is 0.313. The number of benzene rings is 2. The van der Waals surface area contributed by atoms with E-state index in [4.69, 9.17) is 0 Å². The molecule has 0 fully saturated rings. The topological polar surface area (TPSA) is 83.6 Å². The first-order valence-corrected chi connectivity index (χ1v) is 6.39. The standard InChI is InChI=1S/C13H12BrNO4/c14-10-4-5-11-9(6-10)2-1-3-12(11)13(7-16,8-17)15(18)19/h1-6,16-17H,7-8H2. The smallest absolute Gasteiger partial charge is 0.292 e. The molecule has 0 bridgehead atoms. The lowest BCUT2D eigenvalue weighted by atomic mass is 9.88. The molecule has 2 aromatic rings. The van der Waals surface area contributed by atoms with E-state index in [1.165, 1.54) is 0 Å². The fraction of sp³-hybridized carbons (Fsp3) is 0.231. The zero-order valence-corrected chi connectivity index (χ0v) is 11.5. The van der Waals surface area contributed by atoms with Gasteiger partial charge in [0.15, 0.2) is 0 Å². The zero-order valence-electron chi connectivity index (χ0n) is 9.91. The maximum Gasteiger partial charge on any atom is 0.292 e. The molecule has 2 N–H and O–H groups in total. The van der Waals surface area contributed by atoms with Gasteiger partial charge in [0.2, 0.25) is 0 Å². The van der Waals surface area contributed by atoms with E-state index < -0.39 is 23.7 Å². The minimum atomic E-state index is -1.88. The van der Waals surface area contributed by atoms with Crippen LogP contribution in [0.1, 0.15) is 5.56 Å². The maximum atomic E-state index is 11.3. The minimum Gasteiger partial charge on any atom is -0.388 e. The number of nitrogens with zero attached hydrogens (tertiary/aromatic N) is 1. The molecular weight excluding hydrogens is 314 g/mol. The largest absolute Gasteiger partial charge is 0.388 e. The number of hydrogen-bond acceptors (Lipinski definition) is 4. The lowest BCUT2D eigenvalue weighted by Gasteiger charge is -2.22. The van der Waals surface area contributed by atoms with Gasteiger partial charge < -0.3 is 10.2 Å². The number of nitro groups is 1. The summed E-state index contributed by atoms with van der Waals surface area (Å²) < 4.78 is 0.858. The molecule has 0 unspecified atom stereocenters. The van der Waals surface area contributed by atoms with E-state index in [1.54, 1.807) is 24.3 Å². The van der Waals surface area contributed by atoms with Crippen LogP contribution in [-0.2, 0) is 5.54 Å². The van der Waals surface area contributed by atoms with Gasteiger partial charge in [0.1, 0.15) is 13.2 Å². The molecular formula is C13H12BrNO4. The Labute approximate surface area is 117 Å². The molecule has 0 saturated heterocycles. The van der Waals surface area contributed by atoms with Crippen molar-refractivity contribution in [3.63, 3.8) is 0 Å². The molecule has 0 heterocycles. The van der Waals surface area contributed by atoms with Crippen LogP contribution in [0.3, 0.4) is 0 Å². The third kappa shape index (κ3) is 2.22. The van der Waals surface area contributed by atoms with Crippen LogP contribution in [0, 0.1) is 10.1 Å². The van der Waals surface area contributed by atoms with Gasteiger partial charge in [0.25, 0.3) is 5.54 Å². The summed E-state index contributed by atoms with van der Waals surface area (Å²) in [4.78, 5) is 10.6. The Hall–Kier alpha value is -1.50. The van der Waals surface area contributed by atoms with Gasteiger partial charge in [-0.25, -0.2) is 0 Å². The predicted octanol–water partition coefficient (Wildman–Crippen LogP) is 2.06. The molecule has 0 spiro atoms. The molecule has 0 atom stereocenters. The van der Waals surface area contributed by atoms with E-state index in [-0.39, 0.29) is 0 Å². The molecule has 0 amide bonds. The van der Waals surface area contributed by atoms with Crippen LogP contribution in [0.5, 0.6) is 0 Å². The van der Waals surface area contributed by atoms with Gasteiger partial charge in [-0.05, 0) is 22.9 Å². The second-order valence-corrected chi connectivity index (χ2v) is 5.19. The molecule has 2 aromatic carbocycles. The second kappa shape index (κ2) is 5.24. The summed E-state index contributed by atoms with van der Waals surface area (Å²) in [5, 5.41) is 31.5. The van der Waals surface area contributed by atoms with E-state index in [2.05, 4.69) is 15.9 Å². The van der Waals surface area contributed by atoms with Crippen LogP contribution in [0.25, 0.3) is 10.8 Å². The molecule has 0 aliphatic carbocycles. The van der Waals surface area contributed by atoms with E-state index >= 15 is 0 Å². The number of rotatable bonds is 4. The van der Waals surface area contributed by atoms with Crippen molar-refractivity contribution >= 4 is 26.7 Å². The summed E-state index contributed by atoms with van der Waals surface area (Å²) in [6, 6.07) is 10.4. The van der Waals surface area contributed by atoms with Crippen molar-refractivity contribution in [3.05, 3.63) is 56.5 Å². The highest BCUT2D eigenvalue weighted by Crippen LogP contribution is 2.32. The molecule has 0 aliphatic heterocycles. The summed E-state index contributed by atoms with van der Waals surface area (Å²) in [5.74, 6) is 0. The van der Waals surface area contributed by atoms with E-state index in [0.29, 0.717) is 10.9 Å². The van der Waals surface area contributed by atoms with Gasteiger partial charge >= 0.3 is 0 Å². The lowest BCUT2D eigenvalue weighted by molar-refractivity contribution is -0.586. The number of fused-ring (bicyclic) bond motifs is 1. The summed E-state index contributed by atoms with van der Waals surface area (Å²) in [6.45, 7) is -1.52. The molecule has 100 valence electrons. The normalized spacial score (nSPS) is 11.7. The van der Waals surface area contributed by atoms with Crippen molar-refractivity contribution in [1.82, 2.24) is 0 Å². The summed E-state index contributed by atoms with van der Waals surface area (Å²) in [7, 11) is 0. The number of halogens is 1. The lowest BCUT2D eigenvalue weighted by Crippen LogP contribution is -2.43. The molecule has 19 heavy (non-hydrogen) atoms. The molecule has 6 heteroatoms. The number of aliphatic hydroxyl groups excluding tert-OH is 2. The van der Waals surface area contributed by atoms with Crippen molar-refractivity contribution in [2.45, 2.75) is 5.54 Å². The Morgan fingerprint density at radius 2 is 1.89 bits per heavy atom. The maximum absolute atomic E-state index is 11.3. The van der Waals surface area contributed by atoms with Crippen molar-refractivity contribution in [3.8, 4) is 0 Å². The summed E-state index contributed by atoms with van der Waals surface area (Å²) in [6.07, 6.45) is 0. The van der Waals surface area contributed by atoms with Crippen molar-refractivity contribution in [2.24, 2.45) is 0 Å². The molecule has 2 rings (SSSR count). The Balaban J connectivity index is 2.77. The molecule has 0 saturated carbocycles. The van der Waals surface area contributed by atoms with Gasteiger partial charge in [0.05, 0.1) is 0 Å². The first-order chi connectivity index (χ1) is 9.05. The highest BCUT2D eigenvalue weighted by molar-refractivity contribution is 9.10. The Morgan fingerprint density at radius 1 is 1.21 bits per heavy atom. The van der Waals surface area contributed by atoms with Crippen molar-refractivity contribution < 1.29 is 15.1 Å². The van der Waals surface area contributed by atoms with Crippen LogP contribution in [-0.4, -0.2) is 28.4 Å². The van der Waals surface area contributed by atoms with Crippen molar-refractivity contribution in [1.29, 1.82) is 0 Å². The van der Waals surface area contributed by atoms with Gasteiger partial charge in [-0.3, -0.25) is 10.1 Å². The van der Waals surface area contributed by atoms with Crippen LogP contribution in [0.15, 0.2) is 40.9 Å². The molecule has 0 radical (unpaired) electrons. The monoisotopic (exact) mass is 325 g/mol. The quantitative estimate of drug-likeness (QED) is 0.665. The first-order valence-electron chi connectivity index (χ1n) is 5.60. The van der Waals surface area contributed by atoms with E-state index in [0.717, 1.165) is 9.86 Å². The highest BCUT2D eigenvalue weighted by Gasteiger charge is 2.45. The van der Waals surface area contributed by atoms with Crippen LogP contribution in [0.4, 0.5) is 0 Å². The molecule has 0 aliphatic rings. The zero-order chi connectivity index (χ0) is 14.0. The average molecular weight is 326 g/mol. The third-order valence-corrected chi connectivity index (χ3v) is 3.71. The Morgan fingerprint density at radius 3 is 2.47 bits per heavy atom. The number of hydrogen-bond donors (Lipinski definition) is 2. The van der Waals surface area contributed by atoms with Gasteiger partial charge in [-0.2, -0.15) is 0 Å². The molecule has 5 nitrogen and oxygen atoms in total. The van der Waals surface area contributed by atoms with E-state index in [9.17, 15) is 20.3 Å². The van der Waals surface area contributed by atoms with E-state index in [1.807, 2.05) is 12.1 Å². The predicted molar refractivity (Wildman–Crippen MR) is 74.5 cm³/mol. The van der Waals surface area contributed by atoms with Gasteiger partial charge in [-0.1, -0.05) is 40.2 Å². The van der Waals surface area contributed by atoms with Crippen LogP contribution in [0.2, 0.25) is 0 Å². The fourth-order valence-electron chi connectivity index (χ4n) is 2.09. The number of aliphatic hydroxyl groups is 2. The SMILES string of the molecule is O=[N+]([O-])C(CO)(CO)c1cccc2cc(Br)ccc12. The fourth-order valence-corrected chi connectivity index (χ4v) is 2.47. The average Bonchev–Trinajstić information content (AvgIpc) is 2.40. The molecule has 0 aromatic heterocycles. The highest BCUT2D eigenvalue weighted by atomic mass is 79.9. The Bertz CT molecular complexity index is 625.